The molecule has 18 heavy (non-hydrogen) atoms. The predicted molar refractivity (Wildman–Crippen MR) is 71.5 cm³/mol. The molecule has 1 aromatic carbocycles. The molecule has 1 heterocycles. The van der Waals surface area contributed by atoms with Gasteiger partial charge in [-0.3, -0.25) is 0 Å². The molecular formula is C12H13ClN2O2S. The highest BCUT2D eigenvalue weighted by atomic mass is 35.5. The van der Waals surface area contributed by atoms with Gasteiger partial charge < -0.3 is 5.32 Å². The highest BCUT2D eigenvalue weighted by Crippen LogP contribution is 2.22. The van der Waals surface area contributed by atoms with Gasteiger partial charge in [0, 0.05) is 11.7 Å². The van der Waals surface area contributed by atoms with E-state index in [2.05, 4.69) is 5.32 Å². The number of nitrogens with zero attached hydrogens (tertiary/aromatic N) is 1. The lowest BCUT2D eigenvalue weighted by Crippen LogP contribution is -2.34. The van der Waals surface area contributed by atoms with Crippen molar-refractivity contribution in [2.24, 2.45) is 0 Å². The van der Waals surface area contributed by atoms with E-state index >= 15 is 0 Å². The molecule has 1 unspecified atom stereocenters. The molecule has 4 nitrogen and oxygen atoms in total. The lowest BCUT2D eigenvalue weighted by Gasteiger charge is -2.24. The van der Waals surface area contributed by atoms with Crippen molar-refractivity contribution in [2.75, 3.05) is 16.8 Å². The second-order valence-electron chi connectivity index (χ2n) is 4.40. The van der Waals surface area contributed by atoms with E-state index in [4.69, 9.17) is 16.9 Å². The van der Waals surface area contributed by atoms with Gasteiger partial charge in [-0.1, -0.05) is 11.6 Å². The summed E-state index contributed by atoms with van der Waals surface area (Å²) in [4.78, 5) is 0. The number of nitrogens with one attached hydrogen (secondary N) is 1. The summed E-state index contributed by atoms with van der Waals surface area (Å²) < 4.78 is 23.0. The molecule has 96 valence electrons. The van der Waals surface area contributed by atoms with Crippen molar-refractivity contribution < 1.29 is 8.42 Å². The lowest BCUT2D eigenvalue weighted by molar-refractivity contribution is 0.562. The Labute approximate surface area is 111 Å². The number of anilines is 1. The average molecular weight is 285 g/mol. The van der Waals surface area contributed by atoms with Crippen LogP contribution in [-0.2, 0) is 9.84 Å². The number of nitriles is 1. The molecule has 1 aromatic rings. The Balaban J connectivity index is 2.13. The number of hydrogen-bond donors (Lipinski definition) is 1. The van der Waals surface area contributed by atoms with Crippen molar-refractivity contribution in [3.8, 4) is 6.07 Å². The Morgan fingerprint density at radius 1 is 1.44 bits per heavy atom. The molecule has 0 aliphatic carbocycles. The van der Waals surface area contributed by atoms with Gasteiger partial charge >= 0.3 is 0 Å². The monoisotopic (exact) mass is 284 g/mol. The van der Waals surface area contributed by atoms with Crippen LogP contribution in [0.4, 0.5) is 5.69 Å². The minimum absolute atomic E-state index is 0.0866. The molecule has 0 spiro atoms. The molecule has 1 aliphatic heterocycles. The van der Waals surface area contributed by atoms with Gasteiger partial charge in [0.15, 0.2) is 9.84 Å². The summed E-state index contributed by atoms with van der Waals surface area (Å²) >= 11 is 5.84. The first-order valence-electron chi connectivity index (χ1n) is 5.67. The van der Waals surface area contributed by atoms with Crippen LogP contribution in [-0.4, -0.2) is 26.0 Å². The molecule has 0 aromatic heterocycles. The number of benzene rings is 1. The number of hydrogen-bond acceptors (Lipinski definition) is 4. The van der Waals surface area contributed by atoms with Gasteiger partial charge in [-0.25, -0.2) is 8.42 Å². The Hall–Kier alpha value is -1.25. The van der Waals surface area contributed by atoms with Crippen molar-refractivity contribution >= 4 is 27.1 Å². The first kappa shape index (κ1) is 13.2. The van der Waals surface area contributed by atoms with Gasteiger partial charge in [-0.05, 0) is 31.0 Å². The van der Waals surface area contributed by atoms with Crippen molar-refractivity contribution in [1.29, 1.82) is 5.26 Å². The third-order valence-corrected chi connectivity index (χ3v) is 5.07. The highest BCUT2D eigenvalue weighted by Gasteiger charge is 2.24. The van der Waals surface area contributed by atoms with Crippen LogP contribution in [0.5, 0.6) is 0 Å². The van der Waals surface area contributed by atoms with Crippen LogP contribution < -0.4 is 5.32 Å². The second-order valence-corrected chi connectivity index (χ2v) is 7.04. The van der Waals surface area contributed by atoms with Crippen LogP contribution in [0.2, 0.25) is 5.02 Å². The van der Waals surface area contributed by atoms with Gasteiger partial charge in [0.05, 0.1) is 22.1 Å². The minimum atomic E-state index is -2.93. The summed E-state index contributed by atoms with van der Waals surface area (Å²) in [5, 5.41) is 12.4. The maximum Gasteiger partial charge on any atom is 0.152 e. The zero-order valence-corrected chi connectivity index (χ0v) is 11.3. The maximum atomic E-state index is 11.5. The summed E-state index contributed by atoms with van der Waals surface area (Å²) in [6, 6.07) is 6.95. The van der Waals surface area contributed by atoms with E-state index in [1.807, 2.05) is 6.07 Å². The zero-order chi connectivity index (χ0) is 13.2. The predicted octanol–water partition coefficient (Wildman–Crippen LogP) is 2.20. The molecule has 1 saturated heterocycles. The normalized spacial score (nSPS) is 22.1. The van der Waals surface area contributed by atoms with Crippen molar-refractivity contribution in [3.05, 3.63) is 28.8 Å². The number of sulfone groups is 1. The second kappa shape index (κ2) is 5.17. The summed E-state index contributed by atoms with van der Waals surface area (Å²) in [5.41, 5.74) is 1.12. The fourth-order valence-corrected chi connectivity index (χ4v) is 3.87. The smallest absolute Gasteiger partial charge is 0.152 e. The number of halogens is 1. The molecule has 0 bridgehead atoms. The van der Waals surface area contributed by atoms with Crippen molar-refractivity contribution in [1.82, 2.24) is 0 Å². The van der Waals surface area contributed by atoms with Crippen LogP contribution in [0.3, 0.4) is 0 Å². The average Bonchev–Trinajstić information content (AvgIpc) is 2.30. The van der Waals surface area contributed by atoms with Crippen LogP contribution in [0, 0.1) is 11.3 Å². The van der Waals surface area contributed by atoms with Crippen LogP contribution in [0.15, 0.2) is 18.2 Å². The molecule has 1 aliphatic rings. The topological polar surface area (TPSA) is 70.0 Å². The highest BCUT2D eigenvalue weighted by molar-refractivity contribution is 7.91. The van der Waals surface area contributed by atoms with E-state index in [0.717, 1.165) is 12.1 Å². The van der Waals surface area contributed by atoms with E-state index in [1.165, 1.54) is 0 Å². The third-order valence-electron chi connectivity index (χ3n) is 2.92. The van der Waals surface area contributed by atoms with Gasteiger partial charge in [0.2, 0.25) is 0 Å². The molecule has 0 amide bonds. The van der Waals surface area contributed by atoms with Gasteiger partial charge in [-0.2, -0.15) is 5.26 Å². The molecule has 1 N–H and O–H groups in total. The largest absolute Gasteiger partial charge is 0.381 e. The zero-order valence-electron chi connectivity index (χ0n) is 9.69. The van der Waals surface area contributed by atoms with Crippen molar-refractivity contribution in [3.63, 3.8) is 0 Å². The molecule has 1 atom stereocenters. The Bertz CT molecular complexity index is 593. The quantitative estimate of drug-likeness (QED) is 0.904. The standard InChI is InChI=1S/C12H13ClN2O2S/c13-12-4-3-10(6-9(12)7-14)15-11-2-1-5-18(16,17)8-11/h3-4,6,11,15H,1-2,5,8H2. The summed E-state index contributed by atoms with van der Waals surface area (Å²) in [7, 11) is -2.93. The molecule has 0 saturated carbocycles. The summed E-state index contributed by atoms with van der Waals surface area (Å²) in [6.07, 6.45) is 1.50. The maximum absolute atomic E-state index is 11.5. The first-order valence-corrected chi connectivity index (χ1v) is 7.87. The molecule has 6 heteroatoms. The Kier molecular flexibility index (Phi) is 3.79. The minimum Gasteiger partial charge on any atom is -0.381 e. The molecule has 2 rings (SSSR count). The van der Waals surface area contributed by atoms with Gasteiger partial charge in [-0.15, -0.1) is 0 Å². The van der Waals surface area contributed by atoms with E-state index in [9.17, 15) is 8.42 Å². The SMILES string of the molecule is N#Cc1cc(NC2CCCS(=O)(=O)C2)ccc1Cl. The Morgan fingerprint density at radius 3 is 2.89 bits per heavy atom. The van der Waals surface area contributed by atoms with Crippen molar-refractivity contribution in [2.45, 2.75) is 18.9 Å². The van der Waals surface area contributed by atoms with Crippen LogP contribution in [0.1, 0.15) is 18.4 Å². The van der Waals surface area contributed by atoms with Crippen LogP contribution in [0.25, 0.3) is 0 Å². The van der Waals surface area contributed by atoms with Gasteiger partial charge in [0.25, 0.3) is 0 Å². The van der Waals surface area contributed by atoms with Gasteiger partial charge in [0.1, 0.15) is 6.07 Å². The number of rotatable bonds is 2. The molecule has 1 fully saturated rings. The fraction of sp³-hybridized carbons (Fsp3) is 0.417. The Morgan fingerprint density at radius 2 is 2.22 bits per heavy atom. The lowest BCUT2D eigenvalue weighted by atomic mass is 10.1. The summed E-state index contributed by atoms with van der Waals surface area (Å²) in [6.45, 7) is 0. The van der Waals surface area contributed by atoms with E-state index in [-0.39, 0.29) is 17.5 Å². The molecule has 0 radical (unpaired) electrons. The molecular weight excluding hydrogens is 272 g/mol. The summed E-state index contributed by atoms with van der Waals surface area (Å²) in [5.74, 6) is 0.423. The third kappa shape index (κ3) is 3.15. The van der Waals surface area contributed by atoms with E-state index < -0.39 is 9.84 Å². The fourth-order valence-electron chi connectivity index (χ4n) is 2.07. The van der Waals surface area contributed by atoms with Crippen LogP contribution >= 0.6 is 11.6 Å². The first-order chi connectivity index (χ1) is 8.50. The van der Waals surface area contributed by atoms with E-state index in [0.29, 0.717) is 17.0 Å². The van der Waals surface area contributed by atoms with E-state index in [1.54, 1.807) is 18.2 Å².